The van der Waals surface area contributed by atoms with E-state index < -0.39 is 0 Å². The Hall–Kier alpha value is -1.39. The summed E-state index contributed by atoms with van der Waals surface area (Å²) in [5, 5.41) is 0. The van der Waals surface area contributed by atoms with E-state index in [1.165, 1.54) is 5.56 Å². The molecular weight excluding hydrogens is 214 g/mol. The lowest BCUT2D eigenvalue weighted by Gasteiger charge is -2.16. The minimum absolute atomic E-state index is 0.207. The molecule has 0 aliphatic carbocycles. The summed E-state index contributed by atoms with van der Waals surface area (Å²) in [5.74, 6) is 5.26. The molecule has 5 N–H and O–H groups in total. The van der Waals surface area contributed by atoms with Gasteiger partial charge in [0, 0.05) is 12.5 Å². The van der Waals surface area contributed by atoms with Crippen LogP contribution in [0.5, 0.6) is 0 Å². The number of benzene rings is 1. The van der Waals surface area contributed by atoms with Gasteiger partial charge >= 0.3 is 0 Å². The van der Waals surface area contributed by atoms with E-state index in [2.05, 4.69) is 31.4 Å². The monoisotopic (exact) mass is 235 g/mol. The van der Waals surface area contributed by atoms with Crippen molar-refractivity contribution < 1.29 is 4.79 Å². The molecule has 0 fully saturated rings. The van der Waals surface area contributed by atoms with Gasteiger partial charge in [-0.3, -0.25) is 10.2 Å². The fraction of sp³-hybridized carbons (Fsp3) is 0.462. The second-order valence-corrected chi connectivity index (χ2v) is 4.65. The topological polar surface area (TPSA) is 81.1 Å². The van der Waals surface area contributed by atoms with Crippen molar-refractivity contribution in [2.75, 3.05) is 0 Å². The Labute approximate surface area is 102 Å². The summed E-state index contributed by atoms with van der Waals surface area (Å²) in [6.07, 6.45) is 0.207. The van der Waals surface area contributed by atoms with E-state index in [4.69, 9.17) is 11.6 Å². The van der Waals surface area contributed by atoms with Gasteiger partial charge in [-0.25, -0.2) is 5.84 Å². The van der Waals surface area contributed by atoms with E-state index >= 15 is 0 Å². The van der Waals surface area contributed by atoms with Crippen LogP contribution in [-0.4, -0.2) is 5.91 Å². The van der Waals surface area contributed by atoms with Crippen molar-refractivity contribution in [1.82, 2.24) is 5.43 Å². The van der Waals surface area contributed by atoms with Crippen LogP contribution >= 0.6 is 0 Å². The Morgan fingerprint density at radius 1 is 1.41 bits per heavy atom. The first-order valence-electron chi connectivity index (χ1n) is 5.81. The maximum atomic E-state index is 11.2. The maximum Gasteiger partial charge on any atom is 0.235 e. The minimum atomic E-state index is -0.308. The number of amides is 1. The molecule has 94 valence electrons. The van der Waals surface area contributed by atoms with Gasteiger partial charge < -0.3 is 5.73 Å². The molecule has 1 unspecified atom stereocenters. The van der Waals surface area contributed by atoms with Crippen LogP contribution in [0.4, 0.5) is 0 Å². The fourth-order valence-corrected chi connectivity index (χ4v) is 1.79. The molecule has 0 aromatic heterocycles. The molecule has 0 radical (unpaired) electrons. The lowest BCUT2D eigenvalue weighted by Crippen LogP contribution is -2.32. The third-order valence-electron chi connectivity index (χ3n) is 2.94. The molecule has 1 amide bonds. The SMILES string of the molecule is Cc1ccc(C(C)C)cc1C(N)CC(=O)NN. The highest BCUT2D eigenvalue weighted by Gasteiger charge is 2.14. The van der Waals surface area contributed by atoms with Crippen molar-refractivity contribution in [3.05, 3.63) is 34.9 Å². The van der Waals surface area contributed by atoms with Gasteiger partial charge in [-0.2, -0.15) is 0 Å². The van der Waals surface area contributed by atoms with Gasteiger partial charge in [0.25, 0.3) is 0 Å². The molecule has 0 saturated heterocycles. The Bertz CT molecular complexity index is 402. The van der Waals surface area contributed by atoms with Crippen LogP contribution in [0.3, 0.4) is 0 Å². The zero-order chi connectivity index (χ0) is 13.0. The molecule has 4 heteroatoms. The van der Waals surface area contributed by atoms with Crippen molar-refractivity contribution in [2.45, 2.75) is 39.2 Å². The molecule has 1 atom stereocenters. The van der Waals surface area contributed by atoms with Crippen molar-refractivity contribution in [1.29, 1.82) is 0 Å². The van der Waals surface area contributed by atoms with Gasteiger partial charge in [0.05, 0.1) is 0 Å². The molecule has 1 rings (SSSR count). The highest BCUT2D eigenvalue weighted by Crippen LogP contribution is 2.23. The van der Waals surface area contributed by atoms with Crippen LogP contribution in [0.25, 0.3) is 0 Å². The number of carbonyl (C=O) groups is 1. The van der Waals surface area contributed by atoms with Gasteiger partial charge in [-0.05, 0) is 29.5 Å². The third kappa shape index (κ3) is 3.54. The maximum absolute atomic E-state index is 11.2. The number of hydrogen-bond donors (Lipinski definition) is 3. The molecular formula is C13H21N3O. The van der Waals surface area contributed by atoms with Gasteiger partial charge in [-0.15, -0.1) is 0 Å². The number of nitrogens with two attached hydrogens (primary N) is 2. The summed E-state index contributed by atoms with van der Waals surface area (Å²) in [4.78, 5) is 11.2. The quantitative estimate of drug-likeness (QED) is 0.420. The molecule has 4 nitrogen and oxygen atoms in total. The van der Waals surface area contributed by atoms with Gasteiger partial charge in [0.1, 0.15) is 0 Å². The Balaban J connectivity index is 2.95. The lowest BCUT2D eigenvalue weighted by atomic mass is 9.93. The smallest absolute Gasteiger partial charge is 0.235 e. The van der Waals surface area contributed by atoms with E-state index in [0.717, 1.165) is 11.1 Å². The van der Waals surface area contributed by atoms with E-state index in [1.54, 1.807) is 0 Å². The van der Waals surface area contributed by atoms with Gasteiger partial charge in [-0.1, -0.05) is 32.0 Å². The molecule has 17 heavy (non-hydrogen) atoms. The van der Waals surface area contributed by atoms with E-state index in [-0.39, 0.29) is 18.4 Å². The first-order valence-corrected chi connectivity index (χ1v) is 5.81. The molecule has 0 aliphatic rings. The minimum Gasteiger partial charge on any atom is -0.324 e. The molecule has 1 aromatic rings. The summed E-state index contributed by atoms with van der Waals surface area (Å²) in [7, 11) is 0. The van der Waals surface area contributed by atoms with Crippen LogP contribution < -0.4 is 17.0 Å². The van der Waals surface area contributed by atoms with E-state index in [1.807, 2.05) is 13.0 Å². The highest BCUT2D eigenvalue weighted by atomic mass is 16.2. The third-order valence-corrected chi connectivity index (χ3v) is 2.94. The summed E-state index contributed by atoms with van der Waals surface area (Å²) in [6.45, 7) is 6.26. The normalized spacial score (nSPS) is 12.6. The van der Waals surface area contributed by atoms with Crippen LogP contribution in [0.1, 0.15) is 48.9 Å². The molecule has 0 spiro atoms. The summed E-state index contributed by atoms with van der Waals surface area (Å²) in [5.41, 5.74) is 11.5. The summed E-state index contributed by atoms with van der Waals surface area (Å²) >= 11 is 0. The van der Waals surface area contributed by atoms with E-state index in [0.29, 0.717) is 5.92 Å². The van der Waals surface area contributed by atoms with Crippen LogP contribution in [0.2, 0.25) is 0 Å². The Morgan fingerprint density at radius 2 is 2.06 bits per heavy atom. The predicted molar refractivity (Wildman–Crippen MR) is 69.1 cm³/mol. The van der Waals surface area contributed by atoms with E-state index in [9.17, 15) is 4.79 Å². The first kappa shape index (κ1) is 13.7. The van der Waals surface area contributed by atoms with Gasteiger partial charge in [0.15, 0.2) is 0 Å². The Morgan fingerprint density at radius 3 is 2.59 bits per heavy atom. The number of rotatable bonds is 4. The molecule has 1 aromatic carbocycles. The average Bonchev–Trinajstić information content (AvgIpc) is 2.28. The number of carbonyl (C=O) groups excluding carboxylic acids is 1. The lowest BCUT2D eigenvalue weighted by molar-refractivity contribution is -0.121. The summed E-state index contributed by atoms with van der Waals surface area (Å²) in [6, 6.07) is 5.91. The van der Waals surface area contributed by atoms with Crippen molar-refractivity contribution in [3.63, 3.8) is 0 Å². The van der Waals surface area contributed by atoms with Crippen molar-refractivity contribution in [3.8, 4) is 0 Å². The standard InChI is InChI=1S/C13H21N3O/c1-8(2)10-5-4-9(3)11(6-10)12(14)7-13(17)16-15/h4-6,8,12H,7,14-15H2,1-3H3,(H,16,17). The second kappa shape index (κ2) is 5.80. The van der Waals surface area contributed by atoms with Crippen LogP contribution in [0.15, 0.2) is 18.2 Å². The highest BCUT2D eigenvalue weighted by molar-refractivity contribution is 5.76. The largest absolute Gasteiger partial charge is 0.324 e. The number of hydrazine groups is 1. The number of hydrogen-bond acceptors (Lipinski definition) is 3. The van der Waals surface area contributed by atoms with Crippen LogP contribution in [0, 0.1) is 6.92 Å². The molecule has 0 saturated carbocycles. The first-order chi connectivity index (χ1) is 7.95. The molecule has 0 heterocycles. The second-order valence-electron chi connectivity index (χ2n) is 4.65. The number of aryl methyl sites for hydroxylation is 1. The zero-order valence-corrected chi connectivity index (χ0v) is 10.7. The molecule has 0 aliphatic heterocycles. The van der Waals surface area contributed by atoms with Crippen LogP contribution in [-0.2, 0) is 4.79 Å². The zero-order valence-electron chi connectivity index (χ0n) is 10.7. The molecule has 0 bridgehead atoms. The predicted octanol–water partition coefficient (Wildman–Crippen LogP) is 1.50. The summed E-state index contributed by atoms with van der Waals surface area (Å²) < 4.78 is 0. The van der Waals surface area contributed by atoms with Crippen molar-refractivity contribution >= 4 is 5.91 Å². The van der Waals surface area contributed by atoms with Crippen molar-refractivity contribution in [2.24, 2.45) is 11.6 Å². The Kier molecular flexibility index (Phi) is 4.66. The number of nitrogens with one attached hydrogen (secondary N) is 1. The fourth-order valence-electron chi connectivity index (χ4n) is 1.79. The van der Waals surface area contributed by atoms with Gasteiger partial charge in [0.2, 0.25) is 5.91 Å². The average molecular weight is 235 g/mol.